The van der Waals surface area contributed by atoms with Gasteiger partial charge in [-0.25, -0.2) is 0 Å². The largest absolute Gasteiger partial charge is 0.497 e. The Balaban J connectivity index is 1.90. The lowest BCUT2D eigenvalue weighted by Gasteiger charge is -2.43. The fraction of sp³-hybridized carbons (Fsp3) is 0.429. The van der Waals surface area contributed by atoms with Crippen LogP contribution in [0.4, 0.5) is 0 Å². The van der Waals surface area contributed by atoms with Gasteiger partial charge < -0.3 is 15.4 Å². The lowest BCUT2D eigenvalue weighted by Crippen LogP contribution is -2.43. The number of piperidine rings is 1. The van der Waals surface area contributed by atoms with E-state index in [-0.39, 0.29) is 5.41 Å². The minimum absolute atomic E-state index is 0.0756. The van der Waals surface area contributed by atoms with Gasteiger partial charge in [-0.05, 0) is 80.8 Å². The molecule has 2 N–H and O–H groups in total. The van der Waals surface area contributed by atoms with Crippen molar-refractivity contribution in [3.8, 4) is 5.75 Å². The van der Waals surface area contributed by atoms with Crippen molar-refractivity contribution in [2.45, 2.75) is 24.7 Å². The molecule has 0 atom stereocenters. The summed E-state index contributed by atoms with van der Waals surface area (Å²) in [6.45, 7) is 4.10. The summed E-state index contributed by atoms with van der Waals surface area (Å²) in [7, 11) is 1.72. The quantitative estimate of drug-likeness (QED) is 0.786. The fourth-order valence-corrected chi connectivity index (χ4v) is 4.16. The third-order valence-corrected chi connectivity index (χ3v) is 5.96. The fourth-order valence-electron chi connectivity index (χ4n) is 3.90. The van der Waals surface area contributed by atoms with E-state index < -0.39 is 0 Å². The van der Waals surface area contributed by atoms with Gasteiger partial charge in [-0.1, -0.05) is 40.2 Å². The standard InChI is InChI=1S/C21H27BrN2O/c1-25-20-9-5-18(6-10-20)21(17-3-7-19(22)8-4-17)11-15-24(16-12-21)14-2-13-23/h3-10H,2,11-16,23H2,1H3. The van der Waals surface area contributed by atoms with E-state index in [2.05, 4.69) is 69.4 Å². The minimum Gasteiger partial charge on any atom is -0.497 e. The van der Waals surface area contributed by atoms with Crippen LogP contribution in [-0.4, -0.2) is 38.2 Å². The van der Waals surface area contributed by atoms with E-state index >= 15 is 0 Å². The van der Waals surface area contributed by atoms with Crippen LogP contribution in [0.25, 0.3) is 0 Å². The van der Waals surface area contributed by atoms with Gasteiger partial charge in [0.1, 0.15) is 5.75 Å². The first-order valence-electron chi connectivity index (χ1n) is 9.01. The Morgan fingerprint density at radius 3 is 2.08 bits per heavy atom. The number of methoxy groups -OCH3 is 1. The van der Waals surface area contributed by atoms with Crippen LogP contribution in [-0.2, 0) is 5.41 Å². The number of ether oxygens (including phenoxy) is 1. The normalized spacial score (nSPS) is 17.4. The smallest absolute Gasteiger partial charge is 0.118 e. The van der Waals surface area contributed by atoms with Gasteiger partial charge in [-0.3, -0.25) is 0 Å². The monoisotopic (exact) mass is 402 g/mol. The Labute approximate surface area is 159 Å². The highest BCUT2D eigenvalue weighted by atomic mass is 79.9. The second-order valence-corrected chi connectivity index (χ2v) is 7.72. The molecule has 0 aliphatic carbocycles. The summed E-state index contributed by atoms with van der Waals surface area (Å²) in [5.41, 5.74) is 8.54. The molecule has 0 bridgehead atoms. The number of likely N-dealkylation sites (tertiary alicyclic amines) is 1. The summed E-state index contributed by atoms with van der Waals surface area (Å²) in [4.78, 5) is 2.55. The van der Waals surface area contributed by atoms with Crippen molar-refractivity contribution >= 4 is 15.9 Å². The summed E-state index contributed by atoms with van der Waals surface area (Å²) in [6, 6.07) is 17.5. The molecule has 0 spiro atoms. The Morgan fingerprint density at radius 2 is 1.56 bits per heavy atom. The van der Waals surface area contributed by atoms with E-state index in [1.165, 1.54) is 11.1 Å². The zero-order valence-corrected chi connectivity index (χ0v) is 16.5. The molecule has 134 valence electrons. The van der Waals surface area contributed by atoms with E-state index in [4.69, 9.17) is 10.5 Å². The molecule has 0 aromatic heterocycles. The van der Waals surface area contributed by atoms with Crippen molar-refractivity contribution in [3.05, 3.63) is 64.1 Å². The molecule has 0 radical (unpaired) electrons. The van der Waals surface area contributed by atoms with Crippen LogP contribution in [0, 0.1) is 0 Å². The lowest BCUT2D eigenvalue weighted by atomic mass is 9.68. The average Bonchev–Trinajstić information content (AvgIpc) is 2.67. The maximum Gasteiger partial charge on any atom is 0.118 e. The van der Waals surface area contributed by atoms with Gasteiger partial charge in [0.2, 0.25) is 0 Å². The average molecular weight is 403 g/mol. The summed E-state index contributed by atoms with van der Waals surface area (Å²) in [6.07, 6.45) is 3.34. The summed E-state index contributed by atoms with van der Waals surface area (Å²) in [5, 5.41) is 0. The van der Waals surface area contributed by atoms with Crippen LogP contribution in [0.1, 0.15) is 30.4 Å². The molecule has 1 aliphatic rings. The topological polar surface area (TPSA) is 38.5 Å². The van der Waals surface area contributed by atoms with E-state index in [0.29, 0.717) is 0 Å². The van der Waals surface area contributed by atoms with Crippen LogP contribution < -0.4 is 10.5 Å². The molecule has 25 heavy (non-hydrogen) atoms. The zero-order chi connectivity index (χ0) is 17.7. The number of hydrogen-bond acceptors (Lipinski definition) is 3. The second-order valence-electron chi connectivity index (χ2n) is 6.80. The summed E-state index contributed by atoms with van der Waals surface area (Å²) >= 11 is 3.56. The molecule has 2 aromatic carbocycles. The summed E-state index contributed by atoms with van der Waals surface area (Å²) in [5.74, 6) is 0.912. The van der Waals surface area contributed by atoms with Crippen molar-refractivity contribution in [3.63, 3.8) is 0 Å². The molecule has 4 heteroatoms. The first-order valence-corrected chi connectivity index (χ1v) is 9.80. The van der Waals surface area contributed by atoms with E-state index in [0.717, 1.165) is 55.7 Å². The van der Waals surface area contributed by atoms with Crippen molar-refractivity contribution in [2.75, 3.05) is 33.3 Å². The molecular formula is C21H27BrN2O. The Bertz CT molecular complexity index is 661. The number of nitrogens with zero attached hydrogens (tertiary/aromatic N) is 1. The second kappa shape index (κ2) is 8.35. The molecule has 0 amide bonds. The molecule has 2 aromatic rings. The number of hydrogen-bond donors (Lipinski definition) is 1. The molecule has 3 nitrogen and oxygen atoms in total. The SMILES string of the molecule is COc1ccc(C2(c3ccc(Br)cc3)CCN(CCCN)CC2)cc1. The minimum atomic E-state index is 0.0756. The Morgan fingerprint density at radius 1 is 1.00 bits per heavy atom. The van der Waals surface area contributed by atoms with Crippen LogP contribution in [0.15, 0.2) is 53.0 Å². The van der Waals surface area contributed by atoms with Crippen molar-refractivity contribution in [1.29, 1.82) is 0 Å². The van der Waals surface area contributed by atoms with E-state index in [1.54, 1.807) is 7.11 Å². The maximum absolute atomic E-state index is 5.68. The van der Waals surface area contributed by atoms with Crippen molar-refractivity contribution in [1.82, 2.24) is 4.90 Å². The highest BCUT2D eigenvalue weighted by molar-refractivity contribution is 9.10. The van der Waals surface area contributed by atoms with E-state index in [9.17, 15) is 0 Å². The molecule has 0 unspecified atom stereocenters. The Hall–Kier alpha value is -1.36. The molecule has 1 saturated heterocycles. The molecule has 1 heterocycles. The maximum atomic E-state index is 5.68. The van der Waals surface area contributed by atoms with E-state index in [1.807, 2.05) is 0 Å². The molecule has 1 aliphatic heterocycles. The predicted molar refractivity (Wildman–Crippen MR) is 107 cm³/mol. The Kier molecular flexibility index (Phi) is 6.15. The van der Waals surface area contributed by atoms with Gasteiger partial charge in [0, 0.05) is 9.89 Å². The number of nitrogens with two attached hydrogens (primary N) is 1. The van der Waals surface area contributed by atoms with Crippen LogP contribution >= 0.6 is 15.9 Å². The van der Waals surface area contributed by atoms with Gasteiger partial charge in [0.05, 0.1) is 7.11 Å². The van der Waals surface area contributed by atoms with Gasteiger partial charge in [0.15, 0.2) is 0 Å². The molecular weight excluding hydrogens is 376 g/mol. The highest BCUT2D eigenvalue weighted by Gasteiger charge is 2.37. The first kappa shape index (κ1) is 18.4. The number of rotatable bonds is 6. The van der Waals surface area contributed by atoms with Gasteiger partial charge >= 0.3 is 0 Å². The van der Waals surface area contributed by atoms with Gasteiger partial charge in [0.25, 0.3) is 0 Å². The third-order valence-electron chi connectivity index (χ3n) is 5.43. The number of benzene rings is 2. The van der Waals surface area contributed by atoms with Gasteiger partial charge in [-0.15, -0.1) is 0 Å². The van der Waals surface area contributed by atoms with Crippen molar-refractivity contribution in [2.24, 2.45) is 5.73 Å². The number of halogens is 1. The molecule has 0 saturated carbocycles. The first-order chi connectivity index (χ1) is 12.2. The third kappa shape index (κ3) is 4.08. The van der Waals surface area contributed by atoms with Crippen LogP contribution in [0.3, 0.4) is 0 Å². The van der Waals surface area contributed by atoms with Crippen LogP contribution in [0.5, 0.6) is 5.75 Å². The van der Waals surface area contributed by atoms with Crippen LogP contribution in [0.2, 0.25) is 0 Å². The van der Waals surface area contributed by atoms with Gasteiger partial charge in [-0.2, -0.15) is 0 Å². The zero-order valence-electron chi connectivity index (χ0n) is 14.9. The van der Waals surface area contributed by atoms with Crippen molar-refractivity contribution < 1.29 is 4.74 Å². The lowest BCUT2D eigenvalue weighted by molar-refractivity contribution is 0.178. The predicted octanol–water partition coefficient (Wildman–Crippen LogP) is 4.19. The molecule has 1 fully saturated rings. The molecule has 3 rings (SSSR count). The summed E-state index contributed by atoms with van der Waals surface area (Å²) < 4.78 is 6.47. The highest BCUT2D eigenvalue weighted by Crippen LogP contribution is 2.42.